The van der Waals surface area contributed by atoms with Crippen molar-refractivity contribution in [1.29, 1.82) is 0 Å². The maximum atomic E-state index is 12.4. The van der Waals surface area contributed by atoms with Gasteiger partial charge in [-0.15, -0.1) is 0 Å². The van der Waals surface area contributed by atoms with Gasteiger partial charge in [0.15, 0.2) is 0 Å². The van der Waals surface area contributed by atoms with E-state index >= 15 is 0 Å². The zero-order valence-electron chi connectivity index (χ0n) is 7.28. The molecule has 8 heteroatoms. The molecule has 0 aliphatic rings. The molecular weight excluding hydrogens is 323 g/mol. The van der Waals surface area contributed by atoms with Gasteiger partial charge in [-0.2, -0.15) is 0 Å². The fourth-order valence-electron chi connectivity index (χ4n) is 0.992. The molecule has 0 bridgehead atoms. The van der Waals surface area contributed by atoms with Crippen molar-refractivity contribution >= 4 is 28.3 Å². The van der Waals surface area contributed by atoms with Crippen LogP contribution in [0, 0.1) is 13.8 Å². The lowest BCUT2D eigenvalue weighted by Crippen LogP contribution is -2.08. The Kier molecular flexibility index (Phi) is 3.85. The van der Waals surface area contributed by atoms with Crippen LogP contribution in [0.15, 0.2) is 6.07 Å². The van der Waals surface area contributed by atoms with Gasteiger partial charge in [0.05, 0.1) is 10.5 Å². The summed E-state index contributed by atoms with van der Waals surface area (Å²) >= 11 is 1.60. The number of nitrogens with two attached hydrogens (primary N) is 1. The predicted molar refractivity (Wildman–Crippen MR) is 56.5 cm³/mol. The number of alkyl halides is 2. The molecule has 0 atom stereocenters. The smallest absolute Gasteiger partial charge is 0.292 e. The van der Waals surface area contributed by atoms with Crippen LogP contribution in [0.4, 0.5) is 14.5 Å². The highest BCUT2D eigenvalue weighted by Gasteiger charge is 2.22. The van der Waals surface area contributed by atoms with Crippen molar-refractivity contribution in [2.75, 3.05) is 0 Å². The Bertz CT molecular complexity index is 400. The molecule has 1 aromatic rings. The fourth-order valence-corrected chi connectivity index (χ4v) is 1.67. The van der Waals surface area contributed by atoms with Gasteiger partial charge in [-0.05, 0) is 22.6 Å². The van der Waals surface area contributed by atoms with Crippen molar-refractivity contribution < 1.29 is 13.7 Å². The van der Waals surface area contributed by atoms with E-state index in [1.165, 1.54) is 0 Å². The molecule has 0 fully saturated rings. The van der Waals surface area contributed by atoms with Crippen LogP contribution in [-0.2, 0) is 6.54 Å². The van der Waals surface area contributed by atoms with Crippen LogP contribution >= 0.6 is 22.6 Å². The lowest BCUT2D eigenvalue weighted by Gasteiger charge is -2.05. The number of halogens is 3. The molecule has 0 aliphatic heterocycles. The second kappa shape index (κ2) is 4.75. The van der Waals surface area contributed by atoms with E-state index in [0.29, 0.717) is 0 Å². The minimum absolute atomic E-state index is 0.00815. The number of hydrogen-bond donors (Lipinski definition) is 1. The summed E-state index contributed by atoms with van der Waals surface area (Å²) in [5.41, 5.74) is 4.32. The third-order valence-corrected chi connectivity index (χ3v) is 2.55. The summed E-state index contributed by atoms with van der Waals surface area (Å²) in [5.74, 6) is 0. The first-order chi connectivity index (χ1) is 6.97. The molecule has 0 unspecified atom stereocenters. The molecule has 0 spiro atoms. The zero-order chi connectivity index (χ0) is 11.6. The monoisotopic (exact) mass is 329 g/mol. The minimum atomic E-state index is -2.78. The first-order valence-electron chi connectivity index (χ1n) is 3.79. The summed E-state index contributed by atoms with van der Waals surface area (Å²) < 4.78 is 24.9. The zero-order valence-corrected chi connectivity index (χ0v) is 9.44. The van der Waals surface area contributed by atoms with Crippen LogP contribution in [0.25, 0.3) is 0 Å². The van der Waals surface area contributed by atoms with Gasteiger partial charge in [-0.1, -0.05) is 0 Å². The highest BCUT2D eigenvalue weighted by atomic mass is 127. The normalized spacial score (nSPS) is 10.7. The Labute approximate surface area is 97.0 Å². The van der Waals surface area contributed by atoms with Crippen molar-refractivity contribution in [3.05, 3.63) is 31.1 Å². The first-order valence-corrected chi connectivity index (χ1v) is 4.87. The molecule has 1 rings (SSSR count). The highest BCUT2D eigenvalue weighted by molar-refractivity contribution is 14.1. The van der Waals surface area contributed by atoms with E-state index in [1.807, 2.05) is 0 Å². The second-order valence-electron chi connectivity index (χ2n) is 2.60. The van der Waals surface area contributed by atoms with Gasteiger partial charge >= 0.3 is 0 Å². The van der Waals surface area contributed by atoms with Gasteiger partial charge in [0, 0.05) is 12.6 Å². The molecule has 0 aliphatic carbocycles. The number of nitro groups is 1. The topological polar surface area (TPSA) is 82.0 Å². The molecular formula is C7H6F2IN3O2. The summed E-state index contributed by atoms with van der Waals surface area (Å²) in [6.07, 6.45) is -2.78. The van der Waals surface area contributed by atoms with Crippen LogP contribution in [-0.4, -0.2) is 9.91 Å². The molecule has 2 N–H and O–H groups in total. The molecule has 0 amide bonds. The van der Waals surface area contributed by atoms with Gasteiger partial charge in [-0.3, -0.25) is 10.1 Å². The summed E-state index contributed by atoms with van der Waals surface area (Å²) in [6.45, 7) is -0.157. The summed E-state index contributed by atoms with van der Waals surface area (Å²) in [6, 6.07) is 0.821. The number of aromatic nitrogens is 1. The van der Waals surface area contributed by atoms with E-state index in [4.69, 9.17) is 5.73 Å². The standard InChI is InChI=1S/C7H6F2IN3O2/c8-6(9)3-1-5(13(14)15)4(2-11)12-7(3)10/h1,6H,2,11H2. The number of rotatable bonds is 3. The van der Waals surface area contributed by atoms with Crippen LogP contribution in [0.5, 0.6) is 0 Å². The van der Waals surface area contributed by atoms with Crippen LogP contribution in [0.2, 0.25) is 0 Å². The number of pyridine rings is 1. The van der Waals surface area contributed by atoms with E-state index in [9.17, 15) is 18.9 Å². The molecule has 15 heavy (non-hydrogen) atoms. The van der Waals surface area contributed by atoms with E-state index in [0.717, 1.165) is 6.07 Å². The van der Waals surface area contributed by atoms with Crippen molar-refractivity contribution in [2.24, 2.45) is 5.73 Å². The fraction of sp³-hybridized carbons (Fsp3) is 0.286. The average Bonchev–Trinajstić information content (AvgIpc) is 2.16. The largest absolute Gasteiger partial charge is 0.325 e. The van der Waals surface area contributed by atoms with Gasteiger partial charge in [0.1, 0.15) is 9.39 Å². The SMILES string of the molecule is NCc1nc(I)c(C(F)F)cc1[N+](=O)[O-]. The maximum absolute atomic E-state index is 12.4. The molecule has 0 saturated heterocycles. The third kappa shape index (κ3) is 2.56. The van der Waals surface area contributed by atoms with Gasteiger partial charge in [0.25, 0.3) is 12.1 Å². The van der Waals surface area contributed by atoms with E-state index in [-0.39, 0.29) is 15.9 Å². The lowest BCUT2D eigenvalue weighted by atomic mass is 10.2. The van der Waals surface area contributed by atoms with Crippen molar-refractivity contribution in [2.45, 2.75) is 13.0 Å². The quantitative estimate of drug-likeness (QED) is 0.398. The predicted octanol–water partition coefficient (Wildman–Crippen LogP) is 1.99. The molecule has 0 aromatic carbocycles. The van der Waals surface area contributed by atoms with E-state index < -0.39 is 22.6 Å². The Balaban J connectivity index is 3.37. The molecule has 82 valence electrons. The van der Waals surface area contributed by atoms with Crippen LogP contribution in [0.1, 0.15) is 17.7 Å². The molecule has 0 saturated carbocycles. The molecule has 0 radical (unpaired) electrons. The highest BCUT2D eigenvalue weighted by Crippen LogP contribution is 2.28. The lowest BCUT2D eigenvalue weighted by molar-refractivity contribution is -0.386. The van der Waals surface area contributed by atoms with E-state index in [1.54, 1.807) is 22.6 Å². The maximum Gasteiger partial charge on any atom is 0.292 e. The Morgan fingerprint density at radius 1 is 1.67 bits per heavy atom. The van der Waals surface area contributed by atoms with Crippen molar-refractivity contribution in [3.63, 3.8) is 0 Å². The Morgan fingerprint density at radius 3 is 2.67 bits per heavy atom. The van der Waals surface area contributed by atoms with Gasteiger partial charge in [-0.25, -0.2) is 13.8 Å². The summed E-state index contributed by atoms with van der Waals surface area (Å²) in [7, 11) is 0. The second-order valence-corrected chi connectivity index (χ2v) is 3.62. The van der Waals surface area contributed by atoms with Crippen molar-refractivity contribution in [1.82, 2.24) is 4.98 Å². The third-order valence-electron chi connectivity index (χ3n) is 1.68. The average molecular weight is 329 g/mol. The Morgan fingerprint density at radius 2 is 2.27 bits per heavy atom. The summed E-state index contributed by atoms with van der Waals surface area (Å²) in [5, 5.41) is 10.5. The molecule has 5 nitrogen and oxygen atoms in total. The van der Waals surface area contributed by atoms with Crippen LogP contribution in [0.3, 0.4) is 0 Å². The van der Waals surface area contributed by atoms with Gasteiger partial charge in [0.2, 0.25) is 0 Å². The van der Waals surface area contributed by atoms with Crippen molar-refractivity contribution in [3.8, 4) is 0 Å². The molecule has 1 aromatic heterocycles. The number of nitrogens with zero attached hydrogens (tertiary/aromatic N) is 2. The minimum Gasteiger partial charge on any atom is -0.325 e. The molecule has 1 heterocycles. The van der Waals surface area contributed by atoms with Gasteiger partial charge < -0.3 is 5.73 Å². The van der Waals surface area contributed by atoms with E-state index in [2.05, 4.69) is 4.98 Å². The van der Waals surface area contributed by atoms with Crippen LogP contribution < -0.4 is 5.73 Å². The number of hydrogen-bond acceptors (Lipinski definition) is 4. The first kappa shape index (κ1) is 12.2. The Hall–Kier alpha value is -0.900. The summed E-state index contributed by atoms with van der Waals surface area (Å²) in [4.78, 5) is 13.4.